The fourth-order valence-corrected chi connectivity index (χ4v) is 1.42. The first-order chi connectivity index (χ1) is 9.87. The van der Waals surface area contributed by atoms with Crippen LogP contribution in [0.2, 0.25) is 9.88 Å². The molecule has 1 unspecified atom stereocenters. The van der Waals surface area contributed by atoms with Gasteiger partial charge in [-0.15, -0.1) is 0 Å². The molecule has 0 N–H and O–H groups in total. The van der Waals surface area contributed by atoms with Gasteiger partial charge in [-0.3, -0.25) is 0 Å². The van der Waals surface area contributed by atoms with E-state index in [1.807, 2.05) is 0 Å². The van der Waals surface area contributed by atoms with Crippen molar-refractivity contribution < 1.29 is 19.8 Å². The standard InChI is InChI=1S/C10H20O2S.C2H4O2S.2CH3.Sn/c1-2-3-4-5-6-7-8-9(13)10(11)12;3-2(4)1-5;;;/h9,13H,2-8H2,1H3,(H,11,12);5H,1H2,(H,3,4);2*1H3;/q;;;;+2/p-2. The fraction of sp³-hybridized carbons (Fsp3) is 0.857. The molecular formula is C14H28O4S2Sn. The van der Waals surface area contributed by atoms with Gasteiger partial charge >= 0.3 is 31.0 Å². The molecule has 0 bridgehead atoms. The van der Waals surface area contributed by atoms with E-state index >= 15 is 0 Å². The summed E-state index contributed by atoms with van der Waals surface area (Å²) in [5.41, 5.74) is 0. The molecule has 0 aromatic carbocycles. The molecule has 0 heterocycles. The van der Waals surface area contributed by atoms with E-state index in [2.05, 4.69) is 42.1 Å². The van der Waals surface area contributed by atoms with Crippen molar-refractivity contribution in [1.82, 2.24) is 0 Å². The minimum atomic E-state index is -1.13. The Morgan fingerprint density at radius 1 is 1.05 bits per heavy atom. The molecule has 0 aromatic rings. The number of carboxylic acids is 2. The summed E-state index contributed by atoms with van der Waals surface area (Å²) in [6, 6.07) is 0. The normalized spacial score (nSPS) is 10.1. The van der Waals surface area contributed by atoms with Gasteiger partial charge in [0.25, 0.3) is 0 Å². The summed E-state index contributed by atoms with van der Waals surface area (Å²) in [5, 5.41) is 18.9. The molecule has 0 aliphatic rings. The topological polar surface area (TPSA) is 80.3 Å². The van der Waals surface area contributed by atoms with Gasteiger partial charge in [-0.2, -0.15) is 25.3 Å². The van der Waals surface area contributed by atoms with Crippen LogP contribution < -0.4 is 10.2 Å². The molecule has 4 nitrogen and oxygen atoms in total. The second kappa shape index (κ2) is 22.7. The van der Waals surface area contributed by atoms with Crippen LogP contribution >= 0.6 is 25.3 Å². The number of unbranched alkanes of at least 4 members (excludes halogenated alkanes) is 5. The van der Waals surface area contributed by atoms with Gasteiger partial charge in [0.15, 0.2) is 0 Å². The van der Waals surface area contributed by atoms with E-state index in [0.717, 1.165) is 12.8 Å². The molecule has 0 fully saturated rings. The van der Waals surface area contributed by atoms with Crippen LogP contribution in [0.25, 0.3) is 0 Å². The van der Waals surface area contributed by atoms with Crippen LogP contribution in [-0.4, -0.2) is 44.1 Å². The predicted molar refractivity (Wildman–Crippen MR) is 92.1 cm³/mol. The Labute approximate surface area is 150 Å². The van der Waals surface area contributed by atoms with E-state index in [9.17, 15) is 19.8 Å². The Kier molecular flexibility index (Phi) is 28.5. The first-order valence-electron chi connectivity index (χ1n) is 7.15. The third-order valence-electron chi connectivity index (χ3n) is 2.23. The molecule has 0 spiro atoms. The summed E-state index contributed by atoms with van der Waals surface area (Å²) >= 11 is 7.49. The molecule has 0 amide bonds. The SMILES string of the molecule is CCCCCCCCC(S)C(=O)[O-].O=C([O-])CS.[CH3][Sn+2][CH3]. The van der Waals surface area contributed by atoms with Crippen molar-refractivity contribution in [1.29, 1.82) is 0 Å². The van der Waals surface area contributed by atoms with Crippen LogP contribution in [0, 0.1) is 0 Å². The Balaban J connectivity index is -0.000000335. The Hall–Kier alpha value is 0.439. The van der Waals surface area contributed by atoms with Gasteiger partial charge in [-0.05, 0) is 6.42 Å². The van der Waals surface area contributed by atoms with Crippen LogP contribution in [0.4, 0.5) is 0 Å². The number of rotatable bonds is 9. The molecule has 0 aliphatic heterocycles. The monoisotopic (exact) mass is 444 g/mol. The molecule has 0 saturated heterocycles. The number of carbonyl (C=O) groups is 2. The maximum absolute atomic E-state index is 10.3. The number of carboxylic acid groups (broad SMARTS) is 2. The summed E-state index contributed by atoms with van der Waals surface area (Å²) < 4.78 is 0. The van der Waals surface area contributed by atoms with E-state index in [1.165, 1.54) is 25.7 Å². The first-order valence-corrected chi connectivity index (χ1v) is 14.0. The third-order valence-corrected chi connectivity index (χ3v) is 2.96. The Morgan fingerprint density at radius 2 is 1.43 bits per heavy atom. The van der Waals surface area contributed by atoms with Crippen LogP contribution in [-0.2, 0) is 9.59 Å². The van der Waals surface area contributed by atoms with Crippen molar-refractivity contribution in [2.24, 2.45) is 0 Å². The van der Waals surface area contributed by atoms with Gasteiger partial charge in [0.2, 0.25) is 0 Å². The van der Waals surface area contributed by atoms with Crippen LogP contribution in [0.3, 0.4) is 0 Å². The molecule has 7 heteroatoms. The average Bonchev–Trinajstić information content (AvgIpc) is 2.43. The van der Waals surface area contributed by atoms with E-state index in [0.29, 0.717) is 6.42 Å². The molecule has 0 saturated carbocycles. The van der Waals surface area contributed by atoms with E-state index in [4.69, 9.17) is 0 Å². The summed E-state index contributed by atoms with van der Waals surface area (Å²) in [7, 11) is 0. The zero-order chi connectivity index (χ0) is 17.1. The summed E-state index contributed by atoms with van der Waals surface area (Å²) in [6.07, 6.45) is 7.70. The summed E-state index contributed by atoms with van der Waals surface area (Å²) in [6.45, 7) is 2.18. The van der Waals surface area contributed by atoms with Crippen LogP contribution in [0.5, 0.6) is 0 Å². The van der Waals surface area contributed by atoms with Gasteiger partial charge < -0.3 is 19.8 Å². The average molecular weight is 443 g/mol. The molecule has 0 rings (SSSR count). The maximum atomic E-state index is 10.3. The number of carbonyl (C=O) groups excluding carboxylic acids is 2. The zero-order valence-corrected chi connectivity index (χ0v) is 17.9. The van der Waals surface area contributed by atoms with E-state index < -0.39 is 17.2 Å². The molecule has 0 radical (unpaired) electrons. The second-order valence-electron chi connectivity index (χ2n) is 4.42. The van der Waals surface area contributed by atoms with Crippen molar-refractivity contribution >= 4 is 58.3 Å². The van der Waals surface area contributed by atoms with Crippen molar-refractivity contribution in [3.63, 3.8) is 0 Å². The number of hydrogen-bond acceptors (Lipinski definition) is 6. The van der Waals surface area contributed by atoms with Gasteiger partial charge in [0.1, 0.15) is 0 Å². The Morgan fingerprint density at radius 3 is 1.76 bits per heavy atom. The van der Waals surface area contributed by atoms with Gasteiger partial charge in [0, 0.05) is 11.0 Å². The van der Waals surface area contributed by atoms with Crippen LogP contribution in [0.1, 0.15) is 51.9 Å². The number of hydrogen-bond donors (Lipinski definition) is 2. The number of aliphatic carboxylic acids is 2. The fourth-order valence-electron chi connectivity index (χ4n) is 1.24. The molecule has 21 heavy (non-hydrogen) atoms. The van der Waals surface area contributed by atoms with Crippen molar-refractivity contribution in [3.8, 4) is 0 Å². The molecule has 1 atom stereocenters. The quantitative estimate of drug-likeness (QED) is 0.319. The van der Waals surface area contributed by atoms with Gasteiger partial charge in [-0.1, -0.05) is 45.4 Å². The molecule has 0 aromatic heterocycles. The van der Waals surface area contributed by atoms with Crippen molar-refractivity contribution in [2.75, 3.05) is 5.75 Å². The zero-order valence-electron chi connectivity index (χ0n) is 13.3. The van der Waals surface area contributed by atoms with Crippen molar-refractivity contribution in [2.45, 2.75) is 67.0 Å². The minimum absolute atomic E-state index is 0.194. The van der Waals surface area contributed by atoms with Crippen LogP contribution in [0.15, 0.2) is 0 Å². The molecule has 124 valence electrons. The number of thiol groups is 2. The van der Waals surface area contributed by atoms with E-state index in [1.54, 1.807) is 0 Å². The Bertz CT molecular complexity index is 241. The predicted octanol–water partition coefficient (Wildman–Crippen LogP) is 1.24. The van der Waals surface area contributed by atoms with Gasteiger partial charge in [-0.25, -0.2) is 0 Å². The molecular weight excluding hydrogens is 415 g/mol. The van der Waals surface area contributed by atoms with E-state index in [-0.39, 0.29) is 26.9 Å². The molecule has 0 aliphatic carbocycles. The second-order valence-corrected chi connectivity index (χ2v) is 8.22. The van der Waals surface area contributed by atoms with Gasteiger partial charge in [0.05, 0.1) is 11.9 Å². The van der Waals surface area contributed by atoms with Crippen molar-refractivity contribution in [3.05, 3.63) is 0 Å². The first kappa shape index (κ1) is 26.3. The third kappa shape index (κ3) is 33.3. The summed E-state index contributed by atoms with van der Waals surface area (Å²) in [4.78, 5) is 24.0. The summed E-state index contributed by atoms with van der Waals surface area (Å²) in [5.74, 6) is -2.37.